The van der Waals surface area contributed by atoms with Gasteiger partial charge in [0.25, 0.3) is 5.91 Å². The highest BCUT2D eigenvalue weighted by molar-refractivity contribution is 7.17. The quantitative estimate of drug-likeness (QED) is 0.481. The van der Waals surface area contributed by atoms with Crippen molar-refractivity contribution >= 4 is 33.8 Å². The van der Waals surface area contributed by atoms with E-state index in [4.69, 9.17) is 4.84 Å². The summed E-state index contributed by atoms with van der Waals surface area (Å²) in [4.78, 5) is 36.4. The Bertz CT molecular complexity index is 1390. The maximum absolute atomic E-state index is 14.0. The molecule has 3 aliphatic rings. The summed E-state index contributed by atoms with van der Waals surface area (Å²) < 4.78 is 0. The maximum atomic E-state index is 14.0. The van der Waals surface area contributed by atoms with Gasteiger partial charge in [0.2, 0.25) is 5.91 Å². The second-order valence-electron chi connectivity index (χ2n) is 9.53. The Hall–Kier alpha value is -3.47. The summed E-state index contributed by atoms with van der Waals surface area (Å²) in [5, 5.41) is 12.2. The van der Waals surface area contributed by atoms with E-state index >= 15 is 0 Å². The Morgan fingerprint density at radius 2 is 1.74 bits per heavy atom. The molecular formula is C28H25N3O3S. The Labute approximate surface area is 208 Å². The van der Waals surface area contributed by atoms with Gasteiger partial charge in [-0.05, 0) is 62.3 Å². The number of fused-ring (bicyclic) bond motifs is 2. The zero-order valence-corrected chi connectivity index (χ0v) is 20.5. The van der Waals surface area contributed by atoms with E-state index in [0.717, 1.165) is 58.5 Å². The van der Waals surface area contributed by atoms with Gasteiger partial charge >= 0.3 is 0 Å². The molecule has 2 fully saturated rings. The van der Waals surface area contributed by atoms with Crippen LogP contribution >= 0.6 is 11.3 Å². The van der Waals surface area contributed by atoms with E-state index in [1.54, 1.807) is 5.06 Å². The Kier molecular flexibility index (Phi) is 5.24. The Morgan fingerprint density at radius 3 is 2.49 bits per heavy atom. The summed E-state index contributed by atoms with van der Waals surface area (Å²) >= 11 is 1.42. The number of anilines is 2. The van der Waals surface area contributed by atoms with Gasteiger partial charge in [-0.25, -0.2) is 9.96 Å². The average Bonchev–Trinajstić information content (AvgIpc) is 3.50. The minimum Gasteiger partial charge on any atom is -0.273 e. The van der Waals surface area contributed by atoms with Crippen LogP contribution in [0.1, 0.15) is 51.6 Å². The van der Waals surface area contributed by atoms with Crippen LogP contribution in [-0.4, -0.2) is 17.9 Å². The van der Waals surface area contributed by atoms with Crippen LogP contribution in [0.25, 0.3) is 0 Å². The van der Waals surface area contributed by atoms with Gasteiger partial charge in [-0.1, -0.05) is 48.0 Å². The molecule has 3 aromatic rings. The lowest BCUT2D eigenvalue weighted by molar-refractivity contribution is -0.126. The molecule has 0 radical (unpaired) electrons. The highest BCUT2D eigenvalue weighted by Crippen LogP contribution is 2.50. The van der Waals surface area contributed by atoms with Gasteiger partial charge in [-0.15, -0.1) is 11.3 Å². The van der Waals surface area contributed by atoms with E-state index in [1.807, 2.05) is 62.4 Å². The molecule has 176 valence electrons. The molecule has 3 atom stereocenters. The number of benzene rings is 2. The van der Waals surface area contributed by atoms with Crippen LogP contribution in [0.15, 0.2) is 48.5 Å². The van der Waals surface area contributed by atoms with Crippen molar-refractivity contribution in [3.63, 3.8) is 0 Å². The van der Waals surface area contributed by atoms with E-state index in [1.165, 1.54) is 16.2 Å². The van der Waals surface area contributed by atoms with E-state index in [0.29, 0.717) is 10.6 Å². The molecule has 0 spiro atoms. The second kappa shape index (κ2) is 8.33. The van der Waals surface area contributed by atoms with Crippen LogP contribution in [0.3, 0.4) is 0 Å². The standard InChI is InChI=1S/C28H25N3O3S/c1-16-11-13-18(14-12-16)24-23-25(34-31(24)21-9-5-3-7-17(21)2)27(33)30(26(23)32)28-20(15-29)19-8-4-6-10-22(19)35-28/h3,5,7,9,11-14,23-25H,4,6,8,10H2,1-2H3/t23-,24-,25-/m0/s1. The summed E-state index contributed by atoms with van der Waals surface area (Å²) in [6.07, 6.45) is 2.87. The van der Waals surface area contributed by atoms with Crippen molar-refractivity contribution < 1.29 is 14.4 Å². The van der Waals surface area contributed by atoms with Gasteiger partial charge in [-0.2, -0.15) is 5.26 Å². The van der Waals surface area contributed by atoms with Crippen molar-refractivity contribution in [2.24, 2.45) is 5.92 Å². The fraction of sp³-hybridized carbons (Fsp3) is 0.321. The van der Waals surface area contributed by atoms with Crippen molar-refractivity contribution in [1.29, 1.82) is 5.26 Å². The highest BCUT2D eigenvalue weighted by atomic mass is 32.1. The number of hydrogen-bond donors (Lipinski definition) is 0. The third kappa shape index (κ3) is 3.32. The van der Waals surface area contributed by atoms with Gasteiger partial charge in [0, 0.05) is 4.88 Å². The van der Waals surface area contributed by atoms with Crippen LogP contribution in [0.4, 0.5) is 10.7 Å². The zero-order valence-electron chi connectivity index (χ0n) is 19.7. The molecule has 0 saturated carbocycles. The zero-order chi connectivity index (χ0) is 24.3. The number of nitriles is 1. The first-order valence-corrected chi connectivity index (χ1v) is 12.8. The summed E-state index contributed by atoms with van der Waals surface area (Å²) in [6, 6.07) is 17.7. The Morgan fingerprint density at radius 1 is 1.00 bits per heavy atom. The van der Waals surface area contributed by atoms with Crippen LogP contribution in [-0.2, 0) is 27.3 Å². The first kappa shape index (κ1) is 22.0. The number of aryl methyl sites for hydroxylation is 3. The number of imide groups is 1. The van der Waals surface area contributed by atoms with E-state index < -0.39 is 18.1 Å². The lowest BCUT2D eigenvalue weighted by atomic mass is 9.90. The molecule has 7 heteroatoms. The molecule has 2 aromatic carbocycles. The largest absolute Gasteiger partial charge is 0.273 e. The predicted octanol–water partition coefficient (Wildman–Crippen LogP) is 5.17. The fourth-order valence-electron chi connectivity index (χ4n) is 5.56. The third-order valence-corrected chi connectivity index (χ3v) is 8.63. The topological polar surface area (TPSA) is 73.6 Å². The lowest BCUT2D eigenvalue weighted by Gasteiger charge is -2.29. The van der Waals surface area contributed by atoms with E-state index in [-0.39, 0.29) is 11.8 Å². The normalized spacial score (nSPS) is 23.4. The summed E-state index contributed by atoms with van der Waals surface area (Å²) in [5.41, 5.74) is 5.36. The molecule has 2 saturated heterocycles. The van der Waals surface area contributed by atoms with Crippen molar-refractivity contribution in [2.45, 2.75) is 51.7 Å². The van der Waals surface area contributed by atoms with Crippen LogP contribution in [0.2, 0.25) is 0 Å². The van der Waals surface area contributed by atoms with Gasteiger partial charge in [0.05, 0.1) is 17.3 Å². The van der Waals surface area contributed by atoms with Crippen molar-refractivity contribution in [1.82, 2.24) is 0 Å². The molecule has 0 unspecified atom stereocenters. The number of nitrogens with zero attached hydrogens (tertiary/aromatic N) is 3. The van der Waals surface area contributed by atoms with Gasteiger partial charge in [0.1, 0.15) is 17.0 Å². The molecule has 1 aromatic heterocycles. The number of carbonyl (C=O) groups is 2. The molecular weight excluding hydrogens is 458 g/mol. The smallest absolute Gasteiger partial charge is 0.267 e. The minimum absolute atomic E-state index is 0.295. The monoisotopic (exact) mass is 483 g/mol. The van der Waals surface area contributed by atoms with Crippen LogP contribution in [0.5, 0.6) is 0 Å². The van der Waals surface area contributed by atoms with E-state index in [9.17, 15) is 14.9 Å². The predicted molar refractivity (Wildman–Crippen MR) is 134 cm³/mol. The molecule has 6 rings (SSSR count). The first-order valence-electron chi connectivity index (χ1n) is 12.0. The average molecular weight is 484 g/mol. The molecule has 2 aliphatic heterocycles. The van der Waals surface area contributed by atoms with Crippen molar-refractivity contribution in [3.8, 4) is 6.07 Å². The number of hydroxylamine groups is 1. The van der Waals surface area contributed by atoms with Gasteiger partial charge in [0.15, 0.2) is 6.10 Å². The second-order valence-corrected chi connectivity index (χ2v) is 10.6. The molecule has 0 bridgehead atoms. The van der Waals surface area contributed by atoms with Crippen LogP contribution < -0.4 is 9.96 Å². The van der Waals surface area contributed by atoms with Gasteiger partial charge in [-0.3, -0.25) is 14.4 Å². The van der Waals surface area contributed by atoms with E-state index in [2.05, 4.69) is 6.07 Å². The Balaban J connectivity index is 1.45. The molecule has 3 heterocycles. The van der Waals surface area contributed by atoms with Crippen molar-refractivity contribution in [2.75, 3.05) is 9.96 Å². The number of carbonyl (C=O) groups excluding carboxylic acids is 2. The molecule has 35 heavy (non-hydrogen) atoms. The number of thiophene rings is 1. The van der Waals surface area contributed by atoms with Gasteiger partial charge < -0.3 is 0 Å². The lowest BCUT2D eigenvalue weighted by Crippen LogP contribution is -2.37. The number of para-hydroxylation sites is 1. The third-order valence-electron chi connectivity index (χ3n) is 7.35. The van der Waals surface area contributed by atoms with Crippen molar-refractivity contribution in [3.05, 3.63) is 81.2 Å². The molecule has 6 nitrogen and oxygen atoms in total. The highest BCUT2D eigenvalue weighted by Gasteiger charge is 2.61. The summed E-state index contributed by atoms with van der Waals surface area (Å²) in [5.74, 6) is -1.38. The SMILES string of the molecule is Cc1ccc([C@H]2[C@@H]3C(=O)N(c4sc5c(c4C#N)CCCC5)C(=O)[C@H]3ON2c2ccccc2C)cc1. The number of amides is 2. The molecule has 0 N–H and O–H groups in total. The summed E-state index contributed by atoms with van der Waals surface area (Å²) in [6.45, 7) is 4.01. The van der Waals surface area contributed by atoms with Crippen LogP contribution in [0, 0.1) is 31.1 Å². The molecule has 2 amide bonds. The minimum atomic E-state index is -0.931. The number of hydrogen-bond acceptors (Lipinski definition) is 6. The molecule has 1 aliphatic carbocycles. The maximum Gasteiger partial charge on any atom is 0.267 e. The fourth-order valence-corrected chi connectivity index (χ4v) is 6.91. The summed E-state index contributed by atoms with van der Waals surface area (Å²) in [7, 11) is 0. The first-order chi connectivity index (χ1) is 17.0. The number of rotatable bonds is 3.